The van der Waals surface area contributed by atoms with Crippen LogP contribution in [-0.2, 0) is 0 Å². The number of aryl methyl sites for hydroxylation is 1. The Labute approximate surface area is 98.5 Å². The summed E-state index contributed by atoms with van der Waals surface area (Å²) in [5.74, 6) is 1.30. The minimum absolute atomic E-state index is 0.318. The molecule has 3 nitrogen and oxygen atoms in total. The Bertz CT molecular complexity index is 314. The molecule has 1 rings (SSSR count). The minimum Gasteiger partial charge on any atom is -0.383 e. The topological polar surface area (TPSA) is 50.9 Å². The first-order valence-electron chi connectivity index (χ1n) is 6.00. The van der Waals surface area contributed by atoms with Crippen LogP contribution in [0, 0.1) is 12.8 Å². The van der Waals surface area contributed by atoms with Crippen molar-refractivity contribution in [2.45, 2.75) is 40.2 Å². The first kappa shape index (κ1) is 13.0. The van der Waals surface area contributed by atoms with Crippen LogP contribution >= 0.6 is 0 Å². The highest BCUT2D eigenvalue weighted by Crippen LogP contribution is 2.27. The van der Waals surface area contributed by atoms with Crippen LogP contribution in [0.25, 0.3) is 0 Å². The van der Waals surface area contributed by atoms with E-state index in [1.165, 1.54) is 5.56 Å². The van der Waals surface area contributed by atoms with Crippen LogP contribution in [-0.4, -0.2) is 11.5 Å². The summed E-state index contributed by atoms with van der Waals surface area (Å²) in [4.78, 5) is 4.19. The zero-order valence-electron chi connectivity index (χ0n) is 10.7. The van der Waals surface area contributed by atoms with Crippen molar-refractivity contribution in [3.8, 4) is 0 Å². The number of nitrogen functional groups attached to an aromatic ring is 1. The molecule has 0 aliphatic rings. The molecule has 1 aromatic rings. The molecule has 90 valence electrons. The maximum atomic E-state index is 5.98. The van der Waals surface area contributed by atoms with Gasteiger partial charge >= 0.3 is 0 Å². The van der Waals surface area contributed by atoms with E-state index in [9.17, 15) is 0 Å². The fourth-order valence-electron chi connectivity index (χ4n) is 2.07. The number of hydrogen-bond donors (Lipinski definition) is 2. The molecule has 1 heterocycles. The number of anilines is 1. The number of aromatic nitrogens is 1. The number of nitrogens with two attached hydrogens (primary N) is 1. The summed E-state index contributed by atoms with van der Waals surface area (Å²) in [6.07, 6.45) is 2.86. The van der Waals surface area contributed by atoms with E-state index in [0.717, 1.165) is 18.5 Å². The first-order valence-corrected chi connectivity index (χ1v) is 6.00. The molecule has 3 heteroatoms. The van der Waals surface area contributed by atoms with Gasteiger partial charge in [-0.3, -0.25) is 0 Å². The Morgan fingerprint density at radius 3 is 2.62 bits per heavy atom. The number of hydrogen-bond acceptors (Lipinski definition) is 3. The Hall–Kier alpha value is -1.09. The summed E-state index contributed by atoms with van der Waals surface area (Å²) in [7, 11) is 0. The van der Waals surface area contributed by atoms with Crippen LogP contribution in [0.2, 0.25) is 0 Å². The lowest BCUT2D eigenvalue weighted by atomic mass is 9.94. The van der Waals surface area contributed by atoms with Gasteiger partial charge in [0, 0.05) is 17.8 Å². The zero-order valence-corrected chi connectivity index (χ0v) is 10.7. The van der Waals surface area contributed by atoms with Gasteiger partial charge in [0.1, 0.15) is 5.82 Å². The quantitative estimate of drug-likeness (QED) is 0.803. The average molecular weight is 221 g/mol. The second-order valence-electron chi connectivity index (χ2n) is 4.67. The van der Waals surface area contributed by atoms with Crippen molar-refractivity contribution in [3.05, 3.63) is 23.4 Å². The Morgan fingerprint density at radius 2 is 2.12 bits per heavy atom. The molecule has 0 radical (unpaired) electrons. The van der Waals surface area contributed by atoms with Gasteiger partial charge in [0.2, 0.25) is 0 Å². The molecule has 0 spiro atoms. The van der Waals surface area contributed by atoms with Crippen molar-refractivity contribution < 1.29 is 0 Å². The fraction of sp³-hybridized carbons (Fsp3) is 0.615. The van der Waals surface area contributed by atoms with Crippen molar-refractivity contribution in [2.75, 3.05) is 12.3 Å². The van der Waals surface area contributed by atoms with Gasteiger partial charge in [0.05, 0.1) is 0 Å². The summed E-state index contributed by atoms with van der Waals surface area (Å²) in [5.41, 5.74) is 8.36. The number of rotatable bonds is 5. The van der Waals surface area contributed by atoms with Crippen molar-refractivity contribution in [3.63, 3.8) is 0 Å². The van der Waals surface area contributed by atoms with E-state index in [4.69, 9.17) is 5.73 Å². The lowest BCUT2D eigenvalue weighted by Crippen LogP contribution is -2.24. The first-order chi connectivity index (χ1) is 7.56. The van der Waals surface area contributed by atoms with Crippen LogP contribution in [0.15, 0.2) is 12.3 Å². The molecule has 0 bridgehead atoms. The third-order valence-corrected chi connectivity index (χ3v) is 2.75. The van der Waals surface area contributed by atoms with E-state index < -0.39 is 0 Å². The predicted molar refractivity (Wildman–Crippen MR) is 69.3 cm³/mol. The second kappa shape index (κ2) is 5.85. The molecule has 1 unspecified atom stereocenters. The van der Waals surface area contributed by atoms with E-state index in [0.29, 0.717) is 17.8 Å². The van der Waals surface area contributed by atoms with Crippen molar-refractivity contribution >= 4 is 5.82 Å². The number of nitrogens with zero attached hydrogens (tertiary/aromatic N) is 1. The van der Waals surface area contributed by atoms with Gasteiger partial charge in [-0.05, 0) is 37.4 Å². The van der Waals surface area contributed by atoms with E-state index in [1.807, 2.05) is 6.07 Å². The van der Waals surface area contributed by atoms with E-state index in [2.05, 4.69) is 38.0 Å². The number of pyridine rings is 1. The van der Waals surface area contributed by atoms with E-state index in [-0.39, 0.29) is 0 Å². The van der Waals surface area contributed by atoms with Crippen molar-refractivity contribution in [1.29, 1.82) is 0 Å². The van der Waals surface area contributed by atoms with Gasteiger partial charge in [-0.25, -0.2) is 4.98 Å². The van der Waals surface area contributed by atoms with Gasteiger partial charge in [0.15, 0.2) is 0 Å². The van der Waals surface area contributed by atoms with Crippen LogP contribution in [0.4, 0.5) is 5.82 Å². The highest BCUT2D eigenvalue weighted by Gasteiger charge is 2.17. The van der Waals surface area contributed by atoms with Crippen LogP contribution in [0.5, 0.6) is 0 Å². The Morgan fingerprint density at radius 1 is 1.44 bits per heavy atom. The summed E-state index contributed by atoms with van der Waals surface area (Å²) in [6.45, 7) is 9.62. The van der Waals surface area contributed by atoms with Crippen LogP contribution in [0.1, 0.15) is 44.4 Å². The van der Waals surface area contributed by atoms with Gasteiger partial charge < -0.3 is 11.1 Å². The zero-order chi connectivity index (χ0) is 12.1. The third kappa shape index (κ3) is 3.20. The summed E-state index contributed by atoms with van der Waals surface area (Å²) in [5, 5.41) is 3.49. The Kier molecular flexibility index (Phi) is 4.74. The molecule has 0 aliphatic heterocycles. The maximum Gasteiger partial charge on any atom is 0.128 e. The highest BCUT2D eigenvalue weighted by atomic mass is 14.9. The van der Waals surface area contributed by atoms with Gasteiger partial charge in [-0.15, -0.1) is 0 Å². The lowest BCUT2D eigenvalue weighted by molar-refractivity contribution is 0.437. The van der Waals surface area contributed by atoms with Crippen LogP contribution in [0.3, 0.4) is 0 Å². The van der Waals surface area contributed by atoms with E-state index in [1.54, 1.807) is 6.20 Å². The standard InChI is InChI=1S/C13H23N3/c1-5-15-11(8-9(2)3)12-10(4)6-7-16-13(12)14/h6-7,9,11,15H,5,8H2,1-4H3,(H2,14,16). The largest absolute Gasteiger partial charge is 0.383 e. The monoisotopic (exact) mass is 221 g/mol. The number of nitrogens with one attached hydrogen (secondary N) is 1. The molecule has 3 N–H and O–H groups in total. The predicted octanol–water partition coefficient (Wildman–Crippen LogP) is 2.67. The summed E-state index contributed by atoms with van der Waals surface area (Å²) >= 11 is 0. The second-order valence-corrected chi connectivity index (χ2v) is 4.67. The SMILES string of the molecule is CCNC(CC(C)C)c1c(C)ccnc1N. The molecule has 0 saturated heterocycles. The smallest absolute Gasteiger partial charge is 0.128 e. The van der Waals surface area contributed by atoms with E-state index >= 15 is 0 Å². The molecule has 0 aliphatic carbocycles. The molecule has 16 heavy (non-hydrogen) atoms. The molecule has 0 aromatic carbocycles. The Balaban J connectivity index is 3.00. The summed E-state index contributed by atoms with van der Waals surface area (Å²) < 4.78 is 0. The molecule has 0 saturated carbocycles. The molecular formula is C13H23N3. The van der Waals surface area contributed by atoms with Gasteiger partial charge in [-0.1, -0.05) is 20.8 Å². The molecule has 0 amide bonds. The lowest BCUT2D eigenvalue weighted by Gasteiger charge is -2.23. The molecule has 1 atom stereocenters. The average Bonchev–Trinajstić information content (AvgIpc) is 2.16. The third-order valence-electron chi connectivity index (χ3n) is 2.75. The van der Waals surface area contributed by atoms with Gasteiger partial charge in [-0.2, -0.15) is 0 Å². The molecule has 0 fully saturated rings. The molecular weight excluding hydrogens is 198 g/mol. The van der Waals surface area contributed by atoms with Crippen LogP contribution < -0.4 is 11.1 Å². The highest BCUT2D eigenvalue weighted by molar-refractivity contribution is 5.46. The van der Waals surface area contributed by atoms with Crippen molar-refractivity contribution in [1.82, 2.24) is 10.3 Å². The normalized spacial score (nSPS) is 13.1. The van der Waals surface area contributed by atoms with Crippen molar-refractivity contribution in [2.24, 2.45) is 5.92 Å². The maximum absolute atomic E-state index is 5.98. The minimum atomic E-state index is 0.318. The fourth-order valence-corrected chi connectivity index (χ4v) is 2.07. The van der Waals surface area contributed by atoms with Gasteiger partial charge in [0.25, 0.3) is 0 Å². The molecule has 1 aromatic heterocycles. The summed E-state index contributed by atoms with van der Waals surface area (Å²) in [6, 6.07) is 2.34.